The summed E-state index contributed by atoms with van der Waals surface area (Å²) in [4.78, 5) is 24.2. The molecule has 0 saturated carbocycles. The Morgan fingerprint density at radius 1 is 0.973 bits per heavy atom. The first kappa shape index (κ1) is 26.2. The molecule has 0 amide bonds. The van der Waals surface area contributed by atoms with Gasteiger partial charge in [-0.3, -0.25) is 9.59 Å². The van der Waals surface area contributed by atoms with Crippen molar-refractivity contribution in [3.8, 4) is 22.5 Å². The van der Waals surface area contributed by atoms with Gasteiger partial charge in [0, 0.05) is 21.7 Å². The average Bonchev–Trinajstić information content (AvgIpc) is 3.24. The van der Waals surface area contributed by atoms with E-state index >= 15 is 0 Å². The molecular weight excluding hydrogens is 490 g/mol. The molecule has 0 saturated heterocycles. The summed E-state index contributed by atoms with van der Waals surface area (Å²) >= 11 is 6.23. The molecule has 7 heteroatoms. The van der Waals surface area contributed by atoms with E-state index in [-0.39, 0.29) is 6.42 Å². The van der Waals surface area contributed by atoms with Crippen LogP contribution in [0, 0.1) is 6.92 Å². The Balaban J connectivity index is 1.49. The van der Waals surface area contributed by atoms with Gasteiger partial charge in [0.25, 0.3) is 0 Å². The van der Waals surface area contributed by atoms with Crippen LogP contribution in [-0.4, -0.2) is 22.2 Å². The van der Waals surface area contributed by atoms with E-state index in [1.807, 2.05) is 73.7 Å². The van der Waals surface area contributed by atoms with Crippen LogP contribution in [0.4, 0.5) is 0 Å². The first-order valence-corrected chi connectivity index (χ1v) is 12.5. The number of hydrogen-bond donors (Lipinski definition) is 1. The highest BCUT2D eigenvalue weighted by Gasteiger charge is 2.22. The minimum atomic E-state index is -0.819. The van der Waals surface area contributed by atoms with Crippen LogP contribution in [0.25, 0.3) is 22.5 Å². The normalized spacial score (nSPS) is 12.6. The Labute approximate surface area is 220 Å². The predicted molar refractivity (Wildman–Crippen MR) is 142 cm³/mol. The molecule has 0 aliphatic heterocycles. The Kier molecular flexibility index (Phi) is 8.09. The fourth-order valence-electron chi connectivity index (χ4n) is 4.35. The number of aryl methyl sites for hydroxylation is 1. The summed E-state index contributed by atoms with van der Waals surface area (Å²) in [5, 5.41) is 14.0. The zero-order chi connectivity index (χ0) is 26.5. The van der Waals surface area contributed by atoms with E-state index in [0.717, 1.165) is 27.8 Å². The number of halogens is 1. The summed E-state index contributed by atoms with van der Waals surface area (Å²) in [7, 11) is 0. The second-order valence-electron chi connectivity index (χ2n) is 8.90. The zero-order valence-corrected chi connectivity index (χ0v) is 21.7. The van der Waals surface area contributed by atoms with Gasteiger partial charge in [0.15, 0.2) is 5.76 Å². The van der Waals surface area contributed by atoms with Crippen LogP contribution in [0.15, 0.2) is 77.3 Å². The van der Waals surface area contributed by atoms with Gasteiger partial charge < -0.3 is 14.4 Å². The molecule has 190 valence electrons. The number of ether oxygens (including phenoxy) is 1. The van der Waals surface area contributed by atoms with Crippen molar-refractivity contribution in [3.05, 3.63) is 100 Å². The number of aromatic nitrogens is 1. The third-order valence-corrected chi connectivity index (χ3v) is 6.80. The van der Waals surface area contributed by atoms with Crippen molar-refractivity contribution in [2.45, 2.75) is 45.6 Å². The third-order valence-electron chi connectivity index (χ3n) is 6.46. The van der Waals surface area contributed by atoms with Crippen molar-refractivity contribution < 1.29 is 24.0 Å². The van der Waals surface area contributed by atoms with Crippen LogP contribution in [0.1, 0.15) is 54.7 Å². The molecule has 0 fully saturated rings. The lowest BCUT2D eigenvalue weighted by molar-refractivity contribution is -0.147. The number of carboxylic acids is 1. The van der Waals surface area contributed by atoms with Gasteiger partial charge in [-0.15, -0.1) is 0 Å². The molecule has 3 aromatic carbocycles. The standard InChI is InChI=1S/C30H28ClNO5/c1-4-24(30(34)35)22-13-9-20(10-14-22)21-11-15-23(16-12-21)29-26(18(2)32-37-29)17-28(33)36-19(3)25-7-5-6-8-27(25)31/h5-16,19,24H,4,17H2,1-3H3,(H,34,35)/t19-,24?/m1/s1. The monoisotopic (exact) mass is 517 g/mol. The average molecular weight is 518 g/mol. The summed E-state index contributed by atoms with van der Waals surface area (Å²) in [6, 6.07) is 22.6. The van der Waals surface area contributed by atoms with Crippen LogP contribution in [0.3, 0.4) is 0 Å². The maximum atomic E-state index is 12.7. The summed E-state index contributed by atoms with van der Waals surface area (Å²) < 4.78 is 11.2. The maximum Gasteiger partial charge on any atom is 0.311 e. The van der Waals surface area contributed by atoms with Crippen LogP contribution in [-0.2, 0) is 20.7 Å². The summed E-state index contributed by atoms with van der Waals surface area (Å²) in [5.41, 5.74) is 5.57. The lowest BCUT2D eigenvalue weighted by atomic mass is 9.94. The van der Waals surface area contributed by atoms with Gasteiger partial charge >= 0.3 is 11.9 Å². The molecule has 0 aliphatic carbocycles. The molecule has 4 rings (SSSR count). The maximum absolute atomic E-state index is 12.7. The number of rotatable bonds is 9. The van der Waals surface area contributed by atoms with Crippen molar-refractivity contribution in [3.63, 3.8) is 0 Å². The molecule has 0 spiro atoms. The van der Waals surface area contributed by atoms with Gasteiger partial charge in [0.05, 0.1) is 18.0 Å². The fraction of sp³-hybridized carbons (Fsp3) is 0.233. The van der Waals surface area contributed by atoms with E-state index in [0.29, 0.717) is 28.5 Å². The molecule has 4 aromatic rings. The Morgan fingerprint density at radius 3 is 2.16 bits per heavy atom. The van der Waals surface area contributed by atoms with Gasteiger partial charge in [0.1, 0.15) is 6.10 Å². The molecule has 0 radical (unpaired) electrons. The number of carbonyl (C=O) groups excluding carboxylic acids is 1. The van der Waals surface area contributed by atoms with Crippen LogP contribution < -0.4 is 0 Å². The molecule has 0 aliphatic rings. The molecule has 2 atom stereocenters. The summed E-state index contributed by atoms with van der Waals surface area (Å²) in [6.07, 6.45) is 0.0678. The van der Waals surface area contributed by atoms with Gasteiger partial charge in [0.2, 0.25) is 0 Å². The van der Waals surface area contributed by atoms with E-state index in [1.165, 1.54) is 0 Å². The molecule has 1 N–H and O–H groups in total. The minimum Gasteiger partial charge on any atom is -0.481 e. The van der Waals surface area contributed by atoms with E-state index < -0.39 is 24.0 Å². The van der Waals surface area contributed by atoms with E-state index in [2.05, 4.69) is 5.16 Å². The lowest BCUT2D eigenvalue weighted by Crippen LogP contribution is -2.12. The van der Waals surface area contributed by atoms with Crippen LogP contribution in [0.2, 0.25) is 5.02 Å². The molecular formula is C30H28ClNO5. The van der Waals surface area contributed by atoms with E-state index in [9.17, 15) is 14.7 Å². The van der Waals surface area contributed by atoms with Crippen molar-refractivity contribution in [2.75, 3.05) is 0 Å². The highest BCUT2D eigenvalue weighted by Crippen LogP contribution is 2.31. The highest BCUT2D eigenvalue weighted by atomic mass is 35.5. The molecule has 6 nitrogen and oxygen atoms in total. The topological polar surface area (TPSA) is 89.6 Å². The summed E-state index contributed by atoms with van der Waals surface area (Å²) in [5.74, 6) is -1.21. The smallest absolute Gasteiger partial charge is 0.311 e. The Hall–Kier alpha value is -3.90. The first-order valence-electron chi connectivity index (χ1n) is 12.1. The molecule has 37 heavy (non-hydrogen) atoms. The third kappa shape index (κ3) is 5.92. The Bertz CT molecular complexity index is 1390. The van der Waals surface area contributed by atoms with Gasteiger partial charge in [-0.25, -0.2) is 0 Å². The van der Waals surface area contributed by atoms with Crippen molar-refractivity contribution in [2.24, 2.45) is 0 Å². The number of esters is 1. The largest absolute Gasteiger partial charge is 0.481 e. The van der Waals surface area contributed by atoms with Crippen molar-refractivity contribution in [1.82, 2.24) is 5.16 Å². The number of carboxylic acid groups (broad SMARTS) is 1. The van der Waals surface area contributed by atoms with Gasteiger partial charge in [-0.05, 0) is 43.0 Å². The highest BCUT2D eigenvalue weighted by molar-refractivity contribution is 6.31. The number of nitrogens with zero attached hydrogens (tertiary/aromatic N) is 1. The fourth-order valence-corrected chi connectivity index (χ4v) is 4.64. The predicted octanol–water partition coefficient (Wildman–Crippen LogP) is 7.40. The first-order chi connectivity index (χ1) is 17.8. The molecule has 1 aromatic heterocycles. The molecule has 1 heterocycles. The lowest BCUT2D eigenvalue weighted by Gasteiger charge is -2.15. The van der Waals surface area contributed by atoms with Gasteiger partial charge in [-0.2, -0.15) is 0 Å². The number of aliphatic carboxylic acids is 1. The number of benzene rings is 3. The van der Waals surface area contributed by atoms with Crippen molar-refractivity contribution in [1.29, 1.82) is 0 Å². The van der Waals surface area contributed by atoms with Crippen molar-refractivity contribution >= 4 is 23.5 Å². The second-order valence-corrected chi connectivity index (χ2v) is 9.31. The SMILES string of the molecule is CCC(C(=O)O)c1ccc(-c2ccc(-c3onc(C)c3CC(=O)O[C@H](C)c3ccccc3Cl)cc2)cc1. The quantitative estimate of drug-likeness (QED) is 0.233. The minimum absolute atomic E-state index is 0.0187. The summed E-state index contributed by atoms with van der Waals surface area (Å²) in [6.45, 7) is 5.45. The Morgan fingerprint density at radius 2 is 1.57 bits per heavy atom. The number of carbonyl (C=O) groups is 2. The van der Waals surface area contributed by atoms with E-state index in [1.54, 1.807) is 19.9 Å². The molecule has 1 unspecified atom stereocenters. The number of hydrogen-bond acceptors (Lipinski definition) is 5. The zero-order valence-electron chi connectivity index (χ0n) is 20.9. The molecule has 0 bridgehead atoms. The van der Waals surface area contributed by atoms with Crippen LogP contribution in [0.5, 0.6) is 0 Å². The second kappa shape index (κ2) is 11.4. The van der Waals surface area contributed by atoms with Gasteiger partial charge in [-0.1, -0.05) is 90.4 Å². The van der Waals surface area contributed by atoms with E-state index in [4.69, 9.17) is 20.9 Å². The van der Waals surface area contributed by atoms with Crippen LogP contribution >= 0.6 is 11.6 Å².